The highest BCUT2D eigenvalue weighted by atomic mass is 16.3. The molecule has 1 aromatic heterocycles. The number of unbranched alkanes of at least 4 members (excludes halogenated alkanes) is 1. The largest absolute Gasteiger partial charge is 0.504 e. The Labute approximate surface area is 85.5 Å². The summed E-state index contributed by atoms with van der Waals surface area (Å²) >= 11 is 0. The minimum absolute atomic E-state index is 0.382. The Hall–Kier alpha value is -0.990. The Morgan fingerprint density at radius 2 is 2.14 bits per heavy atom. The van der Waals surface area contributed by atoms with E-state index >= 15 is 0 Å². The molecule has 0 aromatic carbocycles. The molecule has 0 unspecified atom stereocenters. The lowest BCUT2D eigenvalue weighted by molar-refractivity contribution is 0.455. The summed E-state index contributed by atoms with van der Waals surface area (Å²) in [5.41, 5.74) is 1.70. The van der Waals surface area contributed by atoms with Crippen LogP contribution in [0.15, 0.2) is 0 Å². The van der Waals surface area contributed by atoms with Crippen molar-refractivity contribution in [1.82, 2.24) is 10.2 Å². The summed E-state index contributed by atoms with van der Waals surface area (Å²) < 4.78 is 0. The smallest absolute Gasteiger partial charge is 0.159 e. The van der Waals surface area contributed by atoms with Gasteiger partial charge in [0, 0.05) is 0 Å². The van der Waals surface area contributed by atoms with Gasteiger partial charge in [0.15, 0.2) is 5.75 Å². The van der Waals surface area contributed by atoms with Crippen LogP contribution in [0.3, 0.4) is 0 Å². The van der Waals surface area contributed by atoms with Gasteiger partial charge in [-0.1, -0.05) is 27.2 Å². The van der Waals surface area contributed by atoms with E-state index in [2.05, 4.69) is 31.0 Å². The molecule has 2 N–H and O–H groups in total. The van der Waals surface area contributed by atoms with Crippen molar-refractivity contribution in [3.05, 3.63) is 11.4 Å². The second-order valence-electron chi connectivity index (χ2n) is 4.20. The van der Waals surface area contributed by atoms with Crippen molar-refractivity contribution in [3.63, 3.8) is 0 Å². The Balaban J connectivity index is 2.65. The lowest BCUT2D eigenvalue weighted by atomic mass is 10.1. The third-order valence-corrected chi connectivity index (χ3v) is 2.27. The predicted octanol–water partition coefficient (Wildman–Crippen LogP) is 2.66. The number of H-pyrrole nitrogens is 1. The van der Waals surface area contributed by atoms with Gasteiger partial charge in [0.05, 0.1) is 5.69 Å². The fourth-order valence-corrected chi connectivity index (χ4v) is 1.47. The minimum atomic E-state index is 0.382. The van der Waals surface area contributed by atoms with Gasteiger partial charge >= 0.3 is 0 Å². The van der Waals surface area contributed by atoms with E-state index in [1.54, 1.807) is 0 Å². The molecule has 0 amide bonds. The molecule has 1 aromatic rings. The molecule has 3 heteroatoms. The quantitative estimate of drug-likeness (QED) is 0.760. The van der Waals surface area contributed by atoms with Gasteiger partial charge in [-0.2, -0.15) is 5.10 Å². The first-order chi connectivity index (χ1) is 6.65. The molecule has 1 heterocycles. The maximum absolute atomic E-state index is 9.81. The van der Waals surface area contributed by atoms with Crippen LogP contribution in [0.1, 0.15) is 45.0 Å². The number of rotatable bonds is 5. The normalized spacial score (nSPS) is 11.1. The van der Waals surface area contributed by atoms with Gasteiger partial charge in [-0.05, 0) is 25.2 Å². The topological polar surface area (TPSA) is 48.9 Å². The zero-order valence-electron chi connectivity index (χ0n) is 9.30. The van der Waals surface area contributed by atoms with Gasteiger partial charge < -0.3 is 5.11 Å². The van der Waals surface area contributed by atoms with Crippen LogP contribution in [-0.4, -0.2) is 15.3 Å². The average Bonchev–Trinajstić information content (AvgIpc) is 2.45. The highest BCUT2D eigenvalue weighted by Gasteiger charge is 2.12. The summed E-state index contributed by atoms with van der Waals surface area (Å²) in [5, 5.41) is 16.9. The molecule has 0 aliphatic carbocycles. The molecular weight excluding hydrogens is 176 g/mol. The number of aromatic hydroxyl groups is 1. The van der Waals surface area contributed by atoms with Crippen molar-refractivity contribution in [3.8, 4) is 5.75 Å². The molecular formula is C11H20N2O. The lowest BCUT2D eigenvalue weighted by Gasteiger charge is -2.01. The van der Waals surface area contributed by atoms with E-state index < -0.39 is 0 Å². The monoisotopic (exact) mass is 196 g/mol. The molecule has 3 nitrogen and oxygen atoms in total. The molecule has 0 aliphatic heterocycles. The second-order valence-corrected chi connectivity index (χ2v) is 4.20. The van der Waals surface area contributed by atoms with Crippen LogP contribution in [0.5, 0.6) is 5.75 Å². The van der Waals surface area contributed by atoms with Gasteiger partial charge in [0.2, 0.25) is 0 Å². The van der Waals surface area contributed by atoms with Gasteiger partial charge in [-0.15, -0.1) is 0 Å². The van der Waals surface area contributed by atoms with Crippen LogP contribution in [0.4, 0.5) is 0 Å². The van der Waals surface area contributed by atoms with E-state index in [0.29, 0.717) is 11.7 Å². The third kappa shape index (κ3) is 2.76. The highest BCUT2D eigenvalue weighted by molar-refractivity contribution is 5.31. The molecule has 0 spiro atoms. The van der Waals surface area contributed by atoms with Gasteiger partial charge in [-0.25, -0.2) is 0 Å². The number of aryl methyl sites for hydroxylation is 1. The van der Waals surface area contributed by atoms with Gasteiger partial charge in [0.1, 0.15) is 5.69 Å². The van der Waals surface area contributed by atoms with Crippen molar-refractivity contribution in [2.24, 2.45) is 5.92 Å². The van der Waals surface area contributed by atoms with Gasteiger partial charge in [0.25, 0.3) is 0 Å². The Bertz CT molecular complexity index is 279. The van der Waals surface area contributed by atoms with E-state index in [1.165, 1.54) is 0 Å². The Morgan fingerprint density at radius 3 is 2.71 bits per heavy atom. The van der Waals surface area contributed by atoms with E-state index in [4.69, 9.17) is 0 Å². The molecule has 0 bridgehead atoms. The van der Waals surface area contributed by atoms with Crippen molar-refractivity contribution in [2.45, 2.75) is 46.5 Å². The summed E-state index contributed by atoms with van der Waals surface area (Å²) in [4.78, 5) is 0. The van der Waals surface area contributed by atoms with Crippen molar-refractivity contribution < 1.29 is 5.11 Å². The Kier molecular flexibility index (Phi) is 3.98. The average molecular weight is 196 g/mol. The maximum Gasteiger partial charge on any atom is 0.159 e. The molecule has 0 radical (unpaired) electrons. The maximum atomic E-state index is 9.81. The molecule has 0 atom stereocenters. The summed E-state index contributed by atoms with van der Waals surface area (Å²) in [7, 11) is 0. The van der Waals surface area contributed by atoms with Crippen LogP contribution in [0.25, 0.3) is 0 Å². The molecule has 0 fully saturated rings. The summed E-state index contributed by atoms with van der Waals surface area (Å²) in [5.74, 6) is 0.912. The van der Waals surface area contributed by atoms with Crippen LogP contribution in [0, 0.1) is 5.92 Å². The third-order valence-electron chi connectivity index (χ3n) is 2.27. The fourth-order valence-electron chi connectivity index (χ4n) is 1.47. The van der Waals surface area contributed by atoms with Gasteiger partial charge in [-0.3, -0.25) is 5.10 Å². The second kappa shape index (κ2) is 5.03. The van der Waals surface area contributed by atoms with Crippen LogP contribution >= 0.6 is 0 Å². The summed E-state index contributed by atoms with van der Waals surface area (Å²) in [6, 6.07) is 0. The highest BCUT2D eigenvalue weighted by Crippen LogP contribution is 2.23. The fraction of sp³-hybridized carbons (Fsp3) is 0.727. The first kappa shape index (κ1) is 11.1. The van der Waals surface area contributed by atoms with Crippen LogP contribution in [-0.2, 0) is 12.8 Å². The van der Waals surface area contributed by atoms with E-state index in [0.717, 1.165) is 37.1 Å². The van der Waals surface area contributed by atoms with E-state index in [9.17, 15) is 5.11 Å². The zero-order chi connectivity index (χ0) is 10.6. The molecule has 1 rings (SSSR count). The summed E-state index contributed by atoms with van der Waals surface area (Å²) in [6.07, 6.45) is 3.97. The molecule has 80 valence electrons. The first-order valence-electron chi connectivity index (χ1n) is 5.40. The molecule has 14 heavy (non-hydrogen) atoms. The minimum Gasteiger partial charge on any atom is -0.504 e. The van der Waals surface area contributed by atoms with Crippen LogP contribution < -0.4 is 0 Å². The number of aromatic nitrogens is 2. The van der Waals surface area contributed by atoms with Crippen LogP contribution in [0.2, 0.25) is 0 Å². The molecule has 0 saturated carbocycles. The van der Waals surface area contributed by atoms with E-state index in [1.807, 2.05) is 0 Å². The number of aromatic amines is 1. The van der Waals surface area contributed by atoms with E-state index in [-0.39, 0.29) is 0 Å². The van der Waals surface area contributed by atoms with Crippen molar-refractivity contribution in [1.29, 1.82) is 0 Å². The number of nitrogens with zero attached hydrogens (tertiary/aromatic N) is 1. The first-order valence-corrected chi connectivity index (χ1v) is 5.40. The van der Waals surface area contributed by atoms with Crippen molar-refractivity contribution in [2.75, 3.05) is 0 Å². The Morgan fingerprint density at radius 1 is 1.43 bits per heavy atom. The number of nitrogens with one attached hydrogen (secondary N) is 1. The lowest BCUT2D eigenvalue weighted by Crippen LogP contribution is -1.94. The van der Waals surface area contributed by atoms with Crippen molar-refractivity contribution >= 4 is 0 Å². The SMILES string of the molecule is CCCCc1[nH]nc(CC(C)C)c1O. The number of hydrogen-bond donors (Lipinski definition) is 2. The molecule has 0 saturated heterocycles. The summed E-state index contributed by atoms with van der Waals surface area (Å²) in [6.45, 7) is 6.39. The predicted molar refractivity (Wildman–Crippen MR) is 57.4 cm³/mol. The zero-order valence-corrected chi connectivity index (χ0v) is 9.30. The standard InChI is InChI=1S/C11H20N2O/c1-4-5-6-9-11(14)10(13-12-9)7-8(2)3/h8,14H,4-7H2,1-3H3,(H,12,13). The molecule has 0 aliphatic rings. The number of hydrogen-bond acceptors (Lipinski definition) is 2.